The molecule has 0 rings (SSSR count). The second kappa shape index (κ2) is 16.2. The Morgan fingerprint density at radius 2 is 0.955 bits per heavy atom. The average molecular weight is 316 g/mol. The summed E-state index contributed by atoms with van der Waals surface area (Å²) in [5, 5.41) is 5.53. The van der Waals surface area contributed by atoms with Gasteiger partial charge in [-0.1, -0.05) is 0 Å². The number of hydrogen-bond donors (Lipinski definition) is 2. The summed E-state index contributed by atoms with van der Waals surface area (Å²) in [4.78, 5) is 21.3. The third-order valence-corrected chi connectivity index (χ3v) is 3.01. The summed E-state index contributed by atoms with van der Waals surface area (Å²) in [7, 11) is 0. The fourth-order valence-corrected chi connectivity index (χ4v) is 1.80. The van der Waals surface area contributed by atoms with Gasteiger partial charge < -0.3 is 20.1 Å². The number of carbonyl (C=O) groups excluding carboxylic acids is 2. The zero-order valence-corrected chi connectivity index (χ0v) is 14.1. The highest BCUT2D eigenvalue weighted by Gasteiger charge is 1.95. The SMILES string of the molecule is CC(=O)NCCCCOCCCCOCCCCNC(C)=O. The molecule has 6 heteroatoms. The molecular formula is C16H32N2O4. The molecule has 2 amide bonds. The quantitative estimate of drug-likeness (QED) is 0.450. The lowest BCUT2D eigenvalue weighted by Crippen LogP contribution is -2.21. The van der Waals surface area contributed by atoms with E-state index in [1.165, 1.54) is 13.8 Å². The van der Waals surface area contributed by atoms with E-state index in [4.69, 9.17) is 9.47 Å². The molecular weight excluding hydrogens is 284 g/mol. The van der Waals surface area contributed by atoms with Gasteiger partial charge in [0.05, 0.1) is 0 Å². The molecule has 6 nitrogen and oxygen atoms in total. The molecule has 0 saturated heterocycles. The Morgan fingerprint density at radius 1 is 0.636 bits per heavy atom. The summed E-state index contributed by atoms with van der Waals surface area (Å²) < 4.78 is 11.0. The van der Waals surface area contributed by atoms with Crippen molar-refractivity contribution in [2.24, 2.45) is 0 Å². The first kappa shape index (κ1) is 20.9. The number of hydrogen-bond acceptors (Lipinski definition) is 4. The lowest BCUT2D eigenvalue weighted by atomic mass is 10.3. The van der Waals surface area contributed by atoms with Gasteiger partial charge in [0.15, 0.2) is 0 Å². The maximum Gasteiger partial charge on any atom is 0.216 e. The molecule has 0 aliphatic carbocycles. The van der Waals surface area contributed by atoms with Gasteiger partial charge in [0.2, 0.25) is 11.8 Å². The minimum atomic E-state index is 0.0241. The Kier molecular flexibility index (Phi) is 15.4. The van der Waals surface area contributed by atoms with Gasteiger partial charge in [0.25, 0.3) is 0 Å². The number of carbonyl (C=O) groups is 2. The van der Waals surface area contributed by atoms with Gasteiger partial charge in [-0.25, -0.2) is 0 Å². The Balaban J connectivity index is 2.99. The van der Waals surface area contributed by atoms with Crippen LogP contribution in [0.4, 0.5) is 0 Å². The van der Waals surface area contributed by atoms with E-state index in [1.54, 1.807) is 0 Å². The molecule has 0 bridgehead atoms. The van der Waals surface area contributed by atoms with Crippen molar-refractivity contribution in [1.82, 2.24) is 10.6 Å². The van der Waals surface area contributed by atoms with Crippen molar-refractivity contribution in [3.63, 3.8) is 0 Å². The fraction of sp³-hybridized carbons (Fsp3) is 0.875. The lowest BCUT2D eigenvalue weighted by molar-refractivity contribution is -0.119. The van der Waals surface area contributed by atoms with Crippen LogP contribution in [0.25, 0.3) is 0 Å². The van der Waals surface area contributed by atoms with Crippen molar-refractivity contribution in [3.05, 3.63) is 0 Å². The second-order valence-corrected chi connectivity index (χ2v) is 5.31. The Morgan fingerprint density at radius 3 is 1.27 bits per heavy atom. The fourth-order valence-electron chi connectivity index (χ4n) is 1.80. The zero-order chi connectivity index (χ0) is 16.5. The third-order valence-electron chi connectivity index (χ3n) is 3.01. The molecule has 0 aromatic rings. The molecule has 0 spiro atoms. The summed E-state index contributed by atoms with van der Waals surface area (Å²) in [6.07, 6.45) is 5.90. The van der Waals surface area contributed by atoms with E-state index in [9.17, 15) is 9.59 Å². The van der Waals surface area contributed by atoms with Crippen molar-refractivity contribution >= 4 is 11.8 Å². The summed E-state index contributed by atoms with van der Waals surface area (Å²) in [6.45, 7) is 7.57. The minimum absolute atomic E-state index is 0.0241. The summed E-state index contributed by atoms with van der Waals surface area (Å²) in [5.41, 5.74) is 0. The average Bonchev–Trinajstić information content (AvgIpc) is 2.46. The highest BCUT2D eigenvalue weighted by atomic mass is 16.5. The van der Waals surface area contributed by atoms with Crippen LogP contribution < -0.4 is 10.6 Å². The minimum Gasteiger partial charge on any atom is -0.381 e. The van der Waals surface area contributed by atoms with Gasteiger partial charge in [-0.05, 0) is 38.5 Å². The highest BCUT2D eigenvalue weighted by Crippen LogP contribution is 1.96. The van der Waals surface area contributed by atoms with Crippen LogP contribution in [0.5, 0.6) is 0 Å². The van der Waals surface area contributed by atoms with Crippen molar-refractivity contribution in [2.75, 3.05) is 39.5 Å². The van der Waals surface area contributed by atoms with Crippen LogP contribution in [0.3, 0.4) is 0 Å². The molecule has 2 N–H and O–H groups in total. The highest BCUT2D eigenvalue weighted by molar-refractivity contribution is 5.72. The maximum absolute atomic E-state index is 10.6. The second-order valence-electron chi connectivity index (χ2n) is 5.31. The van der Waals surface area contributed by atoms with Crippen LogP contribution in [-0.2, 0) is 19.1 Å². The largest absolute Gasteiger partial charge is 0.381 e. The molecule has 0 saturated carbocycles. The first-order valence-electron chi connectivity index (χ1n) is 8.27. The van der Waals surface area contributed by atoms with Crippen LogP contribution in [0.2, 0.25) is 0 Å². The number of ether oxygens (including phenoxy) is 2. The maximum atomic E-state index is 10.6. The van der Waals surface area contributed by atoms with E-state index in [0.717, 1.165) is 78.0 Å². The Labute approximate surface area is 134 Å². The topological polar surface area (TPSA) is 76.7 Å². The zero-order valence-electron chi connectivity index (χ0n) is 14.1. The van der Waals surface area contributed by atoms with Crippen molar-refractivity contribution < 1.29 is 19.1 Å². The molecule has 22 heavy (non-hydrogen) atoms. The lowest BCUT2D eigenvalue weighted by Gasteiger charge is -2.06. The molecule has 0 radical (unpaired) electrons. The first-order valence-corrected chi connectivity index (χ1v) is 8.27. The van der Waals surface area contributed by atoms with Gasteiger partial charge in [0, 0.05) is 53.4 Å². The molecule has 0 aromatic carbocycles. The smallest absolute Gasteiger partial charge is 0.216 e. The number of amides is 2. The van der Waals surface area contributed by atoms with Crippen LogP contribution >= 0.6 is 0 Å². The molecule has 0 aliphatic rings. The molecule has 130 valence electrons. The van der Waals surface area contributed by atoms with E-state index in [0.29, 0.717) is 0 Å². The van der Waals surface area contributed by atoms with Crippen molar-refractivity contribution in [3.8, 4) is 0 Å². The number of unbranched alkanes of at least 4 members (excludes halogenated alkanes) is 3. The summed E-state index contributed by atoms with van der Waals surface area (Å²) in [6, 6.07) is 0. The Hall–Kier alpha value is -1.14. The van der Waals surface area contributed by atoms with Crippen molar-refractivity contribution in [2.45, 2.75) is 52.4 Å². The van der Waals surface area contributed by atoms with Crippen LogP contribution in [0, 0.1) is 0 Å². The van der Waals surface area contributed by atoms with E-state index in [1.807, 2.05) is 0 Å². The van der Waals surface area contributed by atoms with Crippen molar-refractivity contribution in [1.29, 1.82) is 0 Å². The number of nitrogens with one attached hydrogen (secondary N) is 2. The summed E-state index contributed by atoms with van der Waals surface area (Å²) >= 11 is 0. The van der Waals surface area contributed by atoms with Crippen LogP contribution in [-0.4, -0.2) is 51.3 Å². The molecule has 0 unspecified atom stereocenters. The molecule has 0 heterocycles. The predicted octanol–water partition coefficient (Wildman–Crippen LogP) is 1.63. The van der Waals surface area contributed by atoms with E-state index in [2.05, 4.69) is 10.6 Å². The first-order chi connectivity index (χ1) is 10.6. The normalized spacial score (nSPS) is 10.5. The predicted molar refractivity (Wildman–Crippen MR) is 86.7 cm³/mol. The van der Waals surface area contributed by atoms with Gasteiger partial charge >= 0.3 is 0 Å². The van der Waals surface area contributed by atoms with Gasteiger partial charge in [0.1, 0.15) is 0 Å². The molecule has 0 fully saturated rings. The van der Waals surface area contributed by atoms with E-state index < -0.39 is 0 Å². The van der Waals surface area contributed by atoms with Gasteiger partial charge in [-0.2, -0.15) is 0 Å². The van der Waals surface area contributed by atoms with E-state index >= 15 is 0 Å². The monoisotopic (exact) mass is 316 g/mol. The van der Waals surface area contributed by atoms with E-state index in [-0.39, 0.29) is 11.8 Å². The van der Waals surface area contributed by atoms with Gasteiger partial charge in [-0.15, -0.1) is 0 Å². The number of rotatable bonds is 15. The van der Waals surface area contributed by atoms with Crippen LogP contribution in [0.1, 0.15) is 52.4 Å². The van der Waals surface area contributed by atoms with Crippen LogP contribution in [0.15, 0.2) is 0 Å². The van der Waals surface area contributed by atoms with Gasteiger partial charge in [-0.3, -0.25) is 9.59 Å². The molecule has 0 atom stereocenters. The standard InChI is InChI=1S/C16H32N2O4/c1-15(19)17-9-3-5-11-21-13-7-8-14-22-12-6-4-10-18-16(2)20/h3-14H2,1-2H3,(H,17,19)(H,18,20). The molecule has 0 aliphatic heterocycles. The third kappa shape index (κ3) is 18.9. The Bertz CT molecular complexity index is 257. The summed E-state index contributed by atoms with van der Waals surface area (Å²) in [5.74, 6) is 0.0482. The molecule has 0 aromatic heterocycles.